The molecule has 0 aliphatic carbocycles. The van der Waals surface area contributed by atoms with Gasteiger partial charge in [-0.3, -0.25) is 9.78 Å². The van der Waals surface area contributed by atoms with Crippen molar-refractivity contribution < 1.29 is 18.0 Å². The first-order chi connectivity index (χ1) is 10.9. The predicted molar refractivity (Wildman–Crippen MR) is 80.7 cm³/mol. The van der Waals surface area contributed by atoms with Crippen LogP contribution in [0.15, 0.2) is 48.8 Å². The maximum Gasteiger partial charge on any atom is 0.416 e. The topological polar surface area (TPSA) is 54.0 Å². The van der Waals surface area contributed by atoms with Crippen LogP contribution in [0.1, 0.15) is 24.1 Å². The van der Waals surface area contributed by atoms with E-state index in [1.54, 1.807) is 37.5 Å². The molecule has 2 aromatic rings. The highest BCUT2D eigenvalue weighted by Gasteiger charge is 2.30. The summed E-state index contributed by atoms with van der Waals surface area (Å²) in [4.78, 5) is 15.6. The highest BCUT2D eigenvalue weighted by molar-refractivity contribution is 5.92. The van der Waals surface area contributed by atoms with Crippen molar-refractivity contribution >= 4 is 11.6 Å². The second-order valence-corrected chi connectivity index (χ2v) is 5.01. The van der Waals surface area contributed by atoms with Crippen LogP contribution in [0.3, 0.4) is 0 Å². The molecule has 0 spiro atoms. The summed E-state index contributed by atoms with van der Waals surface area (Å²) >= 11 is 0. The zero-order chi connectivity index (χ0) is 16.9. The van der Waals surface area contributed by atoms with Crippen molar-refractivity contribution in [1.82, 2.24) is 10.3 Å². The lowest BCUT2D eigenvalue weighted by Gasteiger charge is -2.16. The zero-order valence-corrected chi connectivity index (χ0v) is 12.4. The maximum absolute atomic E-state index is 12.7. The highest BCUT2D eigenvalue weighted by atomic mass is 19.4. The fourth-order valence-corrected chi connectivity index (χ4v) is 1.99. The Morgan fingerprint density at radius 1 is 1.22 bits per heavy atom. The lowest BCUT2D eigenvalue weighted by atomic mass is 10.0. The van der Waals surface area contributed by atoms with Crippen LogP contribution in [-0.2, 0) is 11.0 Å². The van der Waals surface area contributed by atoms with Crippen LogP contribution in [0, 0.1) is 0 Å². The molecule has 1 heterocycles. The molecule has 2 N–H and O–H groups in total. The normalized spacial score (nSPS) is 12.7. The van der Waals surface area contributed by atoms with Gasteiger partial charge in [-0.05, 0) is 36.8 Å². The first-order valence-electron chi connectivity index (χ1n) is 6.96. The summed E-state index contributed by atoms with van der Waals surface area (Å²) in [5, 5.41) is 5.57. The summed E-state index contributed by atoms with van der Waals surface area (Å²) in [5.74, 6) is -0.282. The van der Waals surface area contributed by atoms with Crippen molar-refractivity contribution in [3.05, 3.63) is 59.9 Å². The molecule has 2 rings (SSSR count). The minimum absolute atomic E-state index is 0.0142. The number of rotatable bonds is 5. The summed E-state index contributed by atoms with van der Waals surface area (Å²) in [6, 6.07) is 7.95. The van der Waals surface area contributed by atoms with Gasteiger partial charge < -0.3 is 10.6 Å². The predicted octanol–water partition coefficient (Wildman–Crippen LogP) is 3.39. The number of alkyl halides is 3. The Bertz CT molecular complexity index is 659. The number of benzene rings is 1. The fourth-order valence-electron chi connectivity index (χ4n) is 1.99. The number of carbonyl (C=O) groups is 1. The lowest BCUT2D eigenvalue weighted by molar-refractivity contribution is -0.137. The van der Waals surface area contributed by atoms with E-state index in [1.165, 1.54) is 6.07 Å². The molecule has 1 atom stereocenters. The molecular weight excluding hydrogens is 307 g/mol. The van der Waals surface area contributed by atoms with E-state index in [0.29, 0.717) is 11.3 Å². The first kappa shape index (κ1) is 17.0. The van der Waals surface area contributed by atoms with Gasteiger partial charge in [-0.1, -0.05) is 12.1 Å². The van der Waals surface area contributed by atoms with Gasteiger partial charge in [0.2, 0.25) is 5.91 Å². The van der Waals surface area contributed by atoms with Crippen molar-refractivity contribution in [3.63, 3.8) is 0 Å². The molecule has 1 amide bonds. The zero-order valence-electron chi connectivity index (χ0n) is 12.4. The molecule has 0 aliphatic rings. The average molecular weight is 323 g/mol. The van der Waals surface area contributed by atoms with Crippen LogP contribution in [0.25, 0.3) is 0 Å². The van der Waals surface area contributed by atoms with Crippen LogP contribution in [0.5, 0.6) is 0 Å². The van der Waals surface area contributed by atoms with Gasteiger partial charge in [0.25, 0.3) is 0 Å². The van der Waals surface area contributed by atoms with Crippen molar-refractivity contribution in [2.75, 3.05) is 11.9 Å². The quantitative estimate of drug-likeness (QED) is 0.887. The van der Waals surface area contributed by atoms with Gasteiger partial charge in [-0.25, -0.2) is 0 Å². The largest absolute Gasteiger partial charge is 0.416 e. The number of carbonyl (C=O) groups excluding carboxylic acids is 1. The van der Waals surface area contributed by atoms with Crippen LogP contribution in [0.4, 0.5) is 18.9 Å². The summed E-state index contributed by atoms with van der Waals surface area (Å²) < 4.78 is 38.1. The monoisotopic (exact) mass is 323 g/mol. The number of halogens is 3. The van der Waals surface area contributed by atoms with Gasteiger partial charge in [-0.15, -0.1) is 0 Å². The standard InChI is InChI=1S/C16H16F3N3O/c1-11(12-3-2-4-13(9-12)16(17,18)19)21-10-15(23)22-14-5-7-20-8-6-14/h2-9,11,21H,10H2,1H3,(H,20,22,23)/t11-/m0/s1. The van der Waals surface area contributed by atoms with Crippen LogP contribution < -0.4 is 10.6 Å². The molecule has 23 heavy (non-hydrogen) atoms. The van der Waals surface area contributed by atoms with E-state index < -0.39 is 11.7 Å². The molecule has 0 aliphatic heterocycles. The number of hydrogen-bond donors (Lipinski definition) is 2. The van der Waals surface area contributed by atoms with E-state index in [-0.39, 0.29) is 18.5 Å². The van der Waals surface area contributed by atoms with E-state index in [9.17, 15) is 18.0 Å². The van der Waals surface area contributed by atoms with E-state index in [0.717, 1.165) is 12.1 Å². The third kappa shape index (κ3) is 5.07. The third-order valence-corrected chi connectivity index (χ3v) is 3.25. The molecule has 1 aromatic carbocycles. The number of nitrogens with zero attached hydrogens (tertiary/aromatic N) is 1. The van der Waals surface area contributed by atoms with Crippen molar-refractivity contribution in [2.45, 2.75) is 19.1 Å². The minimum atomic E-state index is -4.38. The Hall–Kier alpha value is -2.41. The van der Waals surface area contributed by atoms with E-state index in [4.69, 9.17) is 0 Å². The molecule has 122 valence electrons. The molecule has 0 bridgehead atoms. The summed E-state index contributed by atoms with van der Waals surface area (Å²) in [5.41, 5.74) is 0.375. The minimum Gasteiger partial charge on any atom is -0.325 e. The smallest absolute Gasteiger partial charge is 0.325 e. The van der Waals surface area contributed by atoms with E-state index in [1.807, 2.05) is 0 Å². The number of pyridine rings is 1. The van der Waals surface area contributed by atoms with Crippen molar-refractivity contribution in [3.8, 4) is 0 Å². The second-order valence-electron chi connectivity index (χ2n) is 5.01. The summed E-state index contributed by atoms with van der Waals surface area (Å²) in [6.07, 6.45) is -1.28. The Balaban J connectivity index is 1.92. The molecule has 0 fully saturated rings. The summed E-state index contributed by atoms with van der Waals surface area (Å²) in [6.45, 7) is 1.69. The Morgan fingerprint density at radius 2 is 1.91 bits per heavy atom. The van der Waals surface area contributed by atoms with Crippen LogP contribution >= 0.6 is 0 Å². The van der Waals surface area contributed by atoms with Gasteiger partial charge in [-0.2, -0.15) is 13.2 Å². The molecule has 0 saturated heterocycles. The van der Waals surface area contributed by atoms with Crippen LogP contribution in [0.2, 0.25) is 0 Å². The third-order valence-electron chi connectivity index (χ3n) is 3.25. The number of aromatic nitrogens is 1. The Kier molecular flexibility index (Phi) is 5.33. The molecule has 0 radical (unpaired) electrons. The molecule has 7 heteroatoms. The second kappa shape index (κ2) is 7.23. The highest BCUT2D eigenvalue weighted by Crippen LogP contribution is 2.30. The average Bonchev–Trinajstić information content (AvgIpc) is 2.53. The van der Waals surface area contributed by atoms with Gasteiger partial charge >= 0.3 is 6.18 Å². The molecule has 0 saturated carbocycles. The SMILES string of the molecule is C[C@H](NCC(=O)Nc1ccncc1)c1cccc(C(F)(F)F)c1. The Labute approximate surface area is 131 Å². The molecular formula is C16H16F3N3O. The van der Waals surface area contributed by atoms with Crippen LogP contribution in [-0.4, -0.2) is 17.4 Å². The first-order valence-corrected chi connectivity index (χ1v) is 6.96. The molecule has 4 nitrogen and oxygen atoms in total. The van der Waals surface area contributed by atoms with Crippen molar-refractivity contribution in [2.24, 2.45) is 0 Å². The van der Waals surface area contributed by atoms with Gasteiger partial charge in [0.1, 0.15) is 0 Å². The molecule has 1 aromatic heterocycles. The number of amides is 1. The van der Waals surface area contributed by atoms with Gasteiger partial charge in [0, 0.05) is 24.1 Å². The number of anilines is 1. The fraction of sp³-hybridized carbons (Fsp3) is 0.250. The molecule has 0 unspecified atom stereocenters. The maximum atomic E-state index is 12.7. The van der Waals surface area contributed by atoms with Gasteiger partial charge in [0.05, 0.1) is 12.1 Å². The lowest BCUT2D eigenvalue weighted by Crippen LogP contribution is -2.30. The summed E-state index contributed by atoms with van der Waals surface area (Å²) in [7, 11) is 0. The van der Waals surface area contributed by atoms with Gasteiger partial charge in [0.15, 0.2) is 0 Å². The number of hydrogen-bond acceptors (Lipinski definition) is 3. The van der Waals surface area contributed by atoms with Crippen molar-refractivity contribution in [1.29, 1.82) is 0 Å². The van der Waals surface area contributed by atoms with E-state index in [2.05, 4.69) is 15.6 Å². The van der Waals surface area contributed by atoms with E-state index >= 15 is 0 Å². The number of nitrogens with one attached hydrogen (secondary N) is 2. The Morgan fingerprint density at radius 3 is 2.57 bits per heavy atom.